The van der Waals surface area contributed by atoms with Gasteiger partial charge in [0.2, 0.25) is 0 Å². The predicted octanol–water partition coefficient (Wildman–Crippen LogP) is 1.49. The van der Waals surface area contributed by atoms with Gasteiger partial charge in [-0.3, -0.25) is 4.90 Å². The molecule has 0 aromatic carbocycles. The molecule has 0 spiro atoms. The Morgan fingerprint density at radius 3 is 3.00 bits per heavy atom. The van der Waals surface area contributed by atoms with Gasteiger partial charge in [-0.2, -0.15) is 0 Å². The van der Waals surface area contributed by atoms with E-state index in [1.165, 1.54) is 0 Å². The van der Waals surface area contributed by atoms with Crippen molar-refractivity contribution in [3.8, 4) is 0 Å². The van der Waals surface area contributed by atoms with Crippen LogP contribution in [0.4, 0.5) is 0 Å². The largest absolute Gasteiger partial charge is 0.298 e. The Morgan fingerprint density at radius 2 is 2.56 bits per heavy atom. The second-order valence-electron chi connectivity index (χ2n) is 2.43. The lowest BCUT2D eigenvalue weighted by molar-refractivity contribution is 0.378. The Labute approximate surface area is 61.3 Å². The Balaban J connectivity index is 2.21. The molecule has 0 aromatic rings. The topological polar surface area (TPSA) is 3.24 Å². The molecular formula is C7H12ClN. The predicted molar refractivity (Wildman–Crippen MR) is 40.9 cm³/mol. The Bertz CT molecular complexity index is 103. The lowest BCUT2D eigenvalue weighted by atomic mass is 10.4. The summed E-state index contributed by atoms with van der Waals surface area (Å²) in [6.07, 6.45) is 3.06. The first-order chi connectivity index (χ1) is 4.33. The third-order valence-electron chi connectivity index (χ3n) is 1.60. The van der Waals surface area contributed by atoms with Crippen LogP contribution in [0.15, 0.2) is 12.7 Å². The molecule has 1 atom stereocenters. The summed E-state index contributed by atoms with van der Waals surface area (Å²) in [5.41, 5.74) is 0. The van der Waals surface area contributed by atoms with Crippen LogP contribution in [-0.4, -0.2) is 29.9 Å². The summed E-state index contributed by atoms with van der Waals surface area (Å²) in [5, 5.41) is 0.380. The number of nitrogens with zero attached hydrogens (tertiary/aromatic N) is 1. The summed E-state index contributed by atoms with van der Waals surface area (Å²) >= 11 is 5.87. The molecule has 0 aromatic heterocycles. The molecule has 1 unspecified atom stereocenters. The fourth-order valence-electron chi connectivity index (χ4n) is 1.13. The quantitative estimate of drug-likeness (QED) is 0.421. The normalized spacial score (nSPS) is 28.8. The van der Waals surface area contributed by atoms with Gasteiger partial charge in [-0.1, -0.05) is 6.08 Å². The lowest BCUT2D eigenvalue weighted by Crippen LogP contribution is -2.20. The minimum absolute atomic E-state index is 0.380. The van der Waals surface area contributed by atoms with E-state index in [1.807, 2.05) is 6.08 Å². The van der Waals surface area contributed by atoms with Gasteiger partial charge >= 0.3 is 0 Å². The maximum atomic E-state index is 5.87. The molecule has 0 N–H and O–H groups in total. The SMILES string of the molecule is C=CCN1CCC(Cl)C1. The summed E-state index contributed by atoms with van der Waals surface area (Å²) in [6, 6.07) is 0. The fourth-order valence-corrected chi connectivity index (χ4v) is 1.43. The van der Waals surface area contributed by atoms with Gasteiger partial charge in [0.15, 0.2) is 0 Å². The zero-order valence-electron chi connectivity index (χ0n) is 5.52. The van der Waals surface area contributed by atoms with Crippen LogP contribution in [0, 0.1) is 0 Å². The summed E-state index contributed by atoms with van der Waals surface area (Å²) < 4.78 is 0. The van der Waals surface area contributed by atoms with E-state index in [0.717, 1.165) is 26.1 Å². The highest BCUT2D eigenvalue weighted by molar-refractivity contribution is 6.20. The highest BCUT2D eigenvalue weighted by atomic mass is 35.5. The van der Waals surface area contributed by atoms with Crippen molar-refractivity contribution in [3.63, 3.8) is 0 Å². The molecule has 0 aliphatic carbocycles. The maximum Gasteiger partial charge on any atom is 0.0475 e. The third-order valence-corrected chi connectivity index (χ3v) is 1.96. The van der Waals surface area contributed by atoms with Crippen LogP contribution in [0.1, 0.15) is 6.42 Å². The number of alkyl halides is 1. The third kappa shape index (κ3) is 1.99. The van der Waals surface area contributed by atoms with Gasteiger partial charge in [-0.25, -0.2) is 0 Å². The first-order valence-electron chi connectivity index (χ1n) is 3.30. The van der Waals surface area contributed by atoms with Crippen molar-refractivity contribution in [3.05, 3.63) is 12.7 Å². The van der Waals surface area contributed by atoms with E-state index in [0.29, 0.717) is 5.38 Å². The molecule has 1 aliphatic rings. The van der Waals surface area contributed by atoms with Crippen LogP contribution in [0.2, 0.25) is 0 Å². The van der Waals surface area contributed by atoms with Crippen molar-refractivity contribution < 1.29 is 0 Å². The number of hydrogen-bond donors (Lipinski definition) is 0. The summed E-state index contributed by atoms with van der Waals surface area (Å²) in [5.74, 6) is 0. The average Bonchev–Trinajstić information content (AvgIpc) is 2.17. The minimum Gasteiger partial charge on any atom is -0.298 e. The van der Waals surface area contributed by atoms with Gasteiger partial charge < -0.3 is 0 Å². The van der Waals surface area contributed by atoms with Crippen molar-refractivity contribution in [1.82, 2.24) is 4.90 Å². The lowest BCUT2D eigenvalue weighted by Gasteiger charge is -2.09. The van der Waals surface area contributed by atoms with Crippen LogP contribution in [0.5, 0.6) is 0 Å². The summed E-state index contributed by atoms with van der Waals surface area (Å²) in [7, 11) is 0. The van der Waals surface area contributed by atoms with Gasteiger partial charge in [-0.15, -0.1) is 18.2 Å². The van der Waals surface area contributed by atoms with Crippen molar-refractivity contribution in [1.29, 1.82) is 0 Å². The smallest absolute Gasteiger partial charge is 0.0475 e. The molecular weight excluding hydrogens is 134 g/mol. The highest BCUT2D eigenvalue weighted by Gasteiger charge is 2.18. The van der Waals surface area contributed by atoms with Crippen LogP contribution in [0.3, 0.4) is 0 Å². The molecule has 2 heteroatoms. The highest BCUT2D eigenvalue weighted by Crippen LogP contribution is 2.13. The molecule has 0 bridgehead atoms. The summed E-state index contributed by atoms with van der Waals surface area (Å²) in [6.45, 7) is 6.83. The molecule has 0 radical (unpaired) electrons. The van der Waals surface area contributed by atoms with E-state index in [2.05, 4.69) is 11.5 Å². The molecule has 0 saturated carbocycles. The molecule has 52 valence electrons. The van der Waals surface area contributed by atoms with Crippen LogP contribution >= 0.6 is 11.6 Å². The monoisotopic (exact) mass is 145 g/mol. The van der Waals surface area contributed by atoms with Crippen molar-refractivity contribution >= 4 is 11.6 Å². The molecule has 9 heavy (non-hydrogen) atoms. The molecule has 1 saturated heterocycles. The zero-order chi connectivity index (χ0) is 6.69. The van der Waals surface area contributed by atoms with E-state index < -0.39 is 0 Å². The summed E-state index contributed by atoms with van der Waals surface area (Å²) in [4.78, 5) is 2.31. The number of halogens is 1. The van der Waals surface area contributed by atoms with Crippen molar-refractivity contribution in [2.75, 3.05) is 19.6 Å². The van der Waals surface area contributed by atoms with E-state index in [-0.39, 0.29) is 0 Å². The molecule has 1 fully saturated rings. The molecule has 1 rings (SSSR count). The van der Waals surface area contributed by atoms with Crippen molar-refractivity contribution in [2.24, 2.45) is 0 Å². The van der Waals surface area contributed by atoms with E-state index in [4.69, 9.17) is 11.6 Å². The molecule has 1 nitrogen and oxygen atoms in total. The maximum absolute atomic E-state index is 5.87. The number of hydrogen-bond acceptors (Lipinski definition) is 1. The van der Waals surface area contributed by atoms with Crippen LogP contribution < -0.4 is 0 Å². The average molecular weight is 146 g/mol. The number of likely N-dealkylation sites (tertiary alicyclic amines) is 1. The first-order valence-corrected chi connectivity index (χ1v) is 3.74. The van der Waals surface area contributed by atoms with Crippen molar-refractivity contribution in [2.45, 2.75) is 11.8 Å². The van der Waals surface area contributed by atoms with Crippen LogP contribution in [0.25, 0.3) is 0 Å². The zero-order valence-corrected chi connectivity index (χ0v) is 6.27. The molecule has 0 amide bonds. The second kappa shape index (κ2) is 3.23. The molecule has 1 aliphatic heterocycles. The second-order valence-corrected chi connectivity index (χ2v) is 3.05. The minimum atomic E-state index is 0.380. The van der Waals surface area contributed by atoms with Gasteiger partial charge in [0.1, 0.15) is 0 Å². The first kappa shape index (κ1) is 7.10. The van der Waals surface area contributed by atoms with Gasteiger partial charge in [0.25, 0.3) is 0 Å². The Morgan fingerprint density at radius 1 is 1.78 bits per heavy atom. The molecule has 1 heterocycles. The standard InChI is InChI=1S/C7H12ClN/c1-2-4-9-5-3-7(8)6-9/h2,7H,1,3-6H2. The Kier molecular flexibility index (Phi) is 2.55. The van der Waals surface area contributed by atoms with E-state index in [1.54, 1.807) is 0 Å². The number of rotatable bonds is 2. The fraction of sp³-hybridized carbons (Fsp3) is 0.714. The van der Waals surface area contributed by atoms with Gasteiger partial charge in [-0.05, 0) is 13.0 Å². The van der Waals surface area contributed by atoms with Crippen LogP contribution in [-0.2, 0) is 0 Å². The van der Waals surface area contributed by atoms with Gasteiger partial charge in [0, 0.05) is 18.5 Å². The van der Waals surface area contributed by atoms with E-state index in [9.17, 15) is 0 Å². The van der Waals surface area contributed by atoms with Gasteiger partial charge in [0.05, 0.1) is 0 Å². The van der Waals surface area contributed by atoms with E-state index >= 15 is 0 Å². The Hall–Kier alpha value is -0.0100.